The van der Waals surface area contributed by atoms with Gasteiger partial charge in [0.15, 0.2) is 21.3 Å². The first-order valence-electron chi connectivity index (χ1n) is 8.35. The molecule has 28 heavy (non-hydrogen) atoms. The van der Waals surface area contributed by atoms with Crippen LogP contribution in [0.15, 0.2) is 46.1 Å². The number of benzene rings is 1. The molecule has 0 radical (unpaired) electrons. The summed E-state index contributed by atoms with van der Waals surface area (Å²) in [5, 5.41) is 3.84. The van der Waals surface area contributed by atoms with Crippen LogP contribution in [0.1, 0.15) is 22.5 Å². The number of nitrogens with zero attached hydrogens (tertiary/aromatic N) is 1. The third kappa shape index (κ3) is 4.77. The van der Waals surface area contributed by atoms with Crippen LogP contribution in [-0.4, -0.2) is 45.1 Å². The predicted molar refractivity (Wildman–Crippen MR) is 99.2 cm³/mol. The molecule has 1 atom stereocenters. The fourth-order valence-corrected chi connectivity index (χ4v) is 4.40. The minimum Gasteiger partial charge on any atom is -0.493 e. The molecule has 2 aromatic rings. The SMILES string of the molecule is COc1cc(/C=N\NC(=O)[C@H]2CCS(=O)(=O)C2)ccc1OC(=O)c1ccco1. The highest BCUT2D eigenvalue weighted by atomic mass is 32.2. The Morgan fingerprint density at radius 1 is 1.29 bits per heavy atom. The lowest BCUT2D eigenvalue weighted by molar-refractivity contribution is -0.124. The Morgan fingerprint density at radius 3 is 2.75 bits per heavy atom. The molecule has 1 aliphatic rings. The van der Waals surface area contributed by atoms with Crippen molar-refractivity contribution in [1.29, 1.82) is 0 Å². The van der Waals surface area contributed by atoms with Gasteiger partial charge in [0, 0.05) is 0 Å². The highest BCUT2D eigenvalue weighted by molar-refractivity contribution is 7.91. The number of ether oxygens (including phenoxy) is 2. The second kappa shape index (κ2) is 8.26. The summed E-state index contributed by atoms with van der Waals surface area (Å²) in [7, 11) is -1.72. The summed E-state index contributed by atoms with van der Waals surface area (Å²) in [6, 6.07) is 7.76. The molecule has 1 aliphatic heterocycles. The molecule has 9 nitrogen and oxygen atoms in total. The molecule has 148 valence electrons. The number of carbonyl (C=O) groups excluding carboxylic acids is 2. The van der Waals surface area contributed by atoms with Crippen molar-refractivity contribution in [3.05, 3.63) is 47.9 Å². The number of carbonyl (C=O) groups is 2. The van der Waals surface area contributed by atoms with Crippen LogP contribution in [0.3, 0.4) is 0 Å². The van der Waals surface area contributed by atoms with Gasteiger partial charge in [-0.1, -0.05) is 0 Å². The first kappa shape index (κ1) is 19.6. The highest BCUT2D eigenvalue weighted by Gasteiger charge is 2.32. The third-order valence-electron chi connectivity index (χ3n) is 4.10. The number of amides is 1. The molecule has 0 aliphatic carbocycles. The molecule has 0 saturated carbocycles. The zero-order valence-corrected chi connectivity index (χ0v) is 15.8. The molecule has 3 rings (SSSR count). The third-order valence-corrected chi connectivity index (χ3v) is 5.87. The molecule has 1 aromatic heterocycles. The Morgan fingerprint density at radius 2 is 2.11 bits per heavy atom. The van der Waals surface area contributed by atoms with E-state index in [1.54, 1.807) is 18.2 Å². The highest BCUT2D eigenvalue weighted by Crippen LogP contribution is 2.28. The number of nitrogens with one attached hydrogen (secondary N) is 1. The molecular formula is C18H18N2O7S. The normalized spacial score (nSPS) is 18.1. The Labute approximate surface area is 161 Å². The molecule has 2 heterocycles. The molecular weight excluding hydrogens is 388 g/mol. The molecule has 0 unspecified atom stereocenters. The monoisotopic (exact) mass is 406 g/mol. The van der Waals surface area contributed by atoms with Crippen molar-refractivity contribution >= 4 is 27.9 Å². The van der Waals surface area contributed by atoms with Gasteiger partial charge in [0.25, 0.3) is 0 Å². The van der Waals surface area contributed by atoms with E-state index >= 15 is 0 Å². The van der Waals surface area contributed by atoms with Crippen molar-refractivity contribution < 1.29 is 31.9 Å². The molecule has 1 amide bonds. The van der Waals surface area contributed by atoms with Crippen molar-refractivity contribution in [2.75, 3.05) is 18.6 Å². The summed E-state index contributed by atoms with van der Waals surface area (Å²) in [5.74, 6) is -1.28. The maximum atomic E-state index is 12.0. The van der Waals surface area contributed by atoms with Crippen LogP contribution in [0.2, 0.25) is 0 Å². The van der Waals surface area contributed by atoms with Crippen LogP contribution in [0.5, 0.6) is 11.5 Å². The van der Waals surface area contributed by atoms with Crippen molar-refractivity contribution in [1.82, 2.24) is 5.43 Å². The van der Waals surface area contributed by atoms with E-state index in [0.717, 1.165) is 0 Å². The van der Waals surface area contributed by atoms with Crippen LogP contribution in [0.25, 0.3) is 0 Å². The van der Waals surface area contributed by atoms with Gasteiger partial charge in [-0.05, 0) is 42.3 Å². The number of furan rings is 1. The summed E-state index contributed by atoms with van der Waals surface area (Å²) < 4.78 is 38.3. The first-order valence-corrected chi connectivity index (χ1v) is 10.2. The number of hydrazone groups is 1. The predicted octanol–water partition coefficient (Wildman–Crippen LogP) is 1.39. The smallest absolute Gasteiger partial charge is 0.379 e. The van der Waals surface area contributed by atoms with Crippen LogP contribution >= 0.6 is 0 Å². The quantitative estimate of drug-likeness (QED) is 0.333. The molecule has 0 spiro atoms. The van der Waals surface area contributed by atoms with E-state index in [0.29, 0.717) is 12.0 Å². The average Bonchev–Trinajstić information content (AvgIpc) is 3.32. The molecule has 1 aromatic carbocycles. The number of hydrogen-bond donors (Lipinski definition) is 1. The number of sulfone groups is 1. The minimum atomic E-state index is -3.14. The average molecular weight is 406 g/mol. The zero-order valence-electron chi connectivity index (χ0n) is 15.0. The van der Waals surface area contributed by atoms with Gasteiger partial charge in [-0.3, -0.25) is 4.79 Å². The van der Waals surface area contributed by atoms with Gasteiger partial charge in [-0.15, -0.1) is 0 Å². The number of esters is 1. The van der Waals surface area contributed by atoms with Crippen molar-refractivity contribution in [2.45, 2.75) is 6.42 Å². The van der Waals surface area contributed by atoms with Crippen molar-refractivity contribution in [2.24, 2.45) is 11.0 Å². The van der Waals surface area contributed by atoms with Gasteiger partial charge in [0.2, 0.25) is 11.7 Å². The fraction of sp³-hybridized carbons (Fsp3) is 0.278. The van der Waals surface area contributed by atoms with Crippen molar-refractivity contribution in [3.63, 3.8) is 0 Å². The van der Waals surface area contributed by atoms with Crippen LogP contribution in [0, 0.1) is 5.92 Å². The number of hydrogen-bond acceptors (Lipinski definition) is 8. The molecule has 10 heteroatoms. The van der Waals surface area contributed by atoms with E-state index in [9.17, 15) is 18.0 Å². The van der Waals surface area contributed by atoms with Gasteiger partial charge < -0.3 is 13.9 Å². The Kier molecular flexibility index (Phi) is 5.78. The second-order valence-corrected chi connectivity index (χ2v) is 8.34. The van der Waals surface area contributed by atoms with Gasteiger partial charge in [0.05, 0.1) is 37.0 Å². The van der Waals surface area contributed by atoms with E-state index in [1.807, 2.05) is 0 Å². The maximum Gasteiger partial charge on any atom is 0.379 e. The van der Waals surface area contributed by atoms with E-state index in [4.69, 9.17) is 13.9 Å². The fourth-order valence-electron chi connectivity index (χ4n) is 2.66. The first-order chi connectivity index (χ1) is 13.4. The summed E-state index contributed by atoms with van der Waals surface area (Å²) in [4.78, 5) is 23.9. The Balaban J connectivity index is 1.62. The minimum absolute atomic E-state index is 0.0180. The topological polar surface area (TPSA) is 124 Å². The molecule has 0 bridgehead atoms. The largest absolute Gasteiger partial charge is 0.493 e. The van der Waals surface area contributed by atoms with Gasteiger partial charge >= 0.3 is 5.97 Å². The van der Waals surface area contributed by atoms with Gasteiger partial charge in [-0.25, -0.2) is 18.6 Å². The lowest BCUT2D eigenvalue weighted by Crippen LogP contribution is -2.27. The Bertz CT molecular complexity index is 997. The standard InChI is InChI=1S/C18H18N2O7S/c1-25-16-9-12(4-5-14(16)27-18(22)15-3-2-7-26-15)10-19-20-17(21)13-6-8-28(23,24)11-13/h2-5,7,9-10,13H,6,8,11H2,1H3,(H,20,21)/b19-10-/t13-/m0/s1. The van der Waals surface area contributed by atoms with Crippen LogP contribution in [0.4, 0.5) is 0 Å². The van der Waals surface area contributed by atoms with Gasteiger partial charge in [0.1, 0.15) is 0 Å². The van der Waals surface area contributed by atoms with Crippen LogP contribution < -0.4 is 14.9 Å². The lowest BCUT2D eigenvalue weighted by Gasteiger charge is -2.09. The molecule has 1 N–H and O–H groups in total. The van der Waals surface area contributed by atoms with E-state index in [1.165, 1.54) is 31.7 Å². The van der Waals surface area contributed by atoms with E-state index in [-0.39, 0.29) is 28.8 Å². The zero-order chi connectivity index (χ0) is 20.1. The number of methoxy groups -OCH3 is 1. The summed E-state index contributed by atoms with van der Waals surface area (Å²) in [6.07, 6.45) is 3.04. The van der Waals surface area contributed by atoms with Crippen LogP contribution in [-0.2, 0) is 14.6 Å². The van der Waals surface area contributed by atoms with Gasteiger partial charge in [-0.2, -0.15) is 5.10 Å². The molecule has 1 fully saturated rings. The summed E-state index contributed by atoms with van der Waals surface area (Å²) in [5.41, 5.74) is 2.92. The Hall–Kier alpha value is -3.14. The second-order valence-electron chi connectivity index (χ2n) is 6.11. The van der Waals surface area contributed by atoms with E-state index < -0.39 is 27.6 Å². The molecule has 1 saturated heterocycles. The number of rotatable bonds is 6. The summed E-state index contributed by atoms with van der Waals surface area (Å²) in [6.45, 7) is 0. The van der Waals surface area contributed by atoms with E-state index in [2.05, 4.69) is 10.5 Å². The summed E-state index contributed by atoms with van der Waals surface area (Å²) >= 11 is 0. The van der Waals surface area contributed by atoms with Crippen molar-refractivity contribution in [3.8, 4) is 11.5 Å². The maximum absolute atomic E-state index is 12.0. The lowest BCUT2D eigenvalue weighted by atomic mass is 10.1.